The summed E-state index contributed by atoms with van der Waals surface area (Å²) in [5, 5.41) is 0. The first-order valence-electron chi connectivity index (χ1n) is 2.92. The Morgan fingerprint density at radius 1 is 1.29 bits per heavy atom. The highest BCUT2D eigenvalue weighted by molar-refractivity contribution is 4.96. The lowest BCUT2D eigenvalue weighted by Crippen LogP contribution is -2.12. The van der Waals surface area contributed by atoms with E-state index in [1.54, 1.807) is 0 Å². The number of nitrogens with zero attached hydrogens (tertiary/aromatic N) is 1. The van der Waals surface area contributed by atoms with Gasteiger partial charge in [0.15, 0.2) is 0 Å². The van der Waals surface area contributed by atoms with Crippen molar-refractivity contribution in [2.45, 2.75) is 6.42 Å². The van der Waals surface area contributed by atoms with Crippen molar-refractivity contribution in [1.29, 1.82) is 0 Å². The summed E-state index contributed by atoms with van der Waals surface area (Å²) in [6.07, 6.45) is 1.49. The van der Waals surface area contributed by atoms with E-state index in [2.05, 4.69) is 11.9 Å². The van der Waals surface area contributed by atoms with Crippen LogP contribution in [0.3, 0.4) is 0 Å². The smallest absolute Gasteiger partial charge is 0.0267 e. The molecule has 0 amide bonds. The quantitative estimate of drug-likeness (QED) is 0.402. The Bertz CT molecular complexity index is 80.2. The molecule has 2 rings (SSSR count). The van der Waals surface area contributed by atoms with Crippen LogP contribution < -0.4 is 0 Å². The third-order valence-corrected chi connectivity index (χ3v) is 2.05. The first kappa shape index (κ1) is 3.90. The summed E-state index contributed by atoms with van der Waals surface area (Å²) >= 11 is 0. The van der Waals surface area contributed by atoms with Crippen molar-refractivity contribution in [2.24, 2.45) is 11.8 Å². The molecule has 0 aromatic heterocycles. The van der Waals surface area contributed by atoms with E-state index < -0.39 is 0 Å². The second-order valence-electron chi connectivity index (χ2n) is 2.79. The number of hydrogen-bond acceptors (Lipinski definition) is 1. The Morgan fingerprint density at radius 3 is 2.14 bits per heavy atom. The predicted molar refractivity (Wildman–Crippen MR) is 28.5 cm³/mol. The Labute approximate surface area is 44.3 Å². The molecule has 1 heterocycles. The Morgan fingerprint density at radius 2 is 1.86 bits per heavy atom. The molecular weight excluding hydrogens is 86.1 g/mol. The first-order valence-corrected chi connectivity index (χ1v) is 2.92. The van der Waals surface area contributed by atoms with E-state index in [1.165, 1.54) is 19.5 Å². The summed E-state index contributed by atoms with van der Waals surface area (Å²) < 4.78 is 0. The van der Waals surface area contributed by atoms with Gasteiger partial charge in [-0.15, -0.1) is 0 Å². The van der Waals surface area contributed by atoms with Crippen LogP contribution in [0, 0.1) is 18.9 Å². The second-order valence-corrected chi connectivity index (χ2v) is 2.79. The summed E-state index contributed by atoms with van der Waals surface area (Å²) in [6, 6.07) is 0. The van der Waals surface area contributed by atoms with Crippen LogP contribution in [0.4, 0.5) is 0 Å². The largest absolute Gasteiger partial charge is 0.459 e. The van der Waals surface area contributed by atoms with E-state index in [-0.39, 0.29) is 0 Å². The Kier molecular flexibility index (Phi) is 0.571. The van der Waals surface area contributed by atoms with E-state index in [0.717, 1.165) is 11.8 Å². The van der Waals surface area contributed by atoms with Gasteiger partial charge in [0.05, 0.1) is 0 Å². The SMILES string of the molecule is [CH2-]N1C[C@H]2C[C@H]2C1. The molecule has 0 spiro atoms. The molecule has 2 aliphatic rings. The standard InChI is InChI=1S/C6H10N/c1-7-3-5-2-6(5)4-7/h5-6H,1-4H2/q-1/t5-,6+. The molecule has 1 saturated heterocycles. The first-order chi connectivity index (χ1) is 3.36. The maximum Gasteiger partial charge on any atom is -0.0267 e. The third kappa shape index (κ3) is 0.480. The van der Waals surface area contributed by atoms with Gasteiger partial charge in [-0.25, -0.2) is 0 Å². The maximum atomic E-state index is 3.85. The van der Waals surface area contributed by atoms with Crippen molar-refractivity contribution < 1.29 is 0 Å². The van der Waals surface area contributed by atoms with Crippen molar-refractivity contribution in [3.05, 3.63) is 7.05 Å². The summed E-state index contributed by atoms with van der Waals surface area (Å²) in [5.41, 5.74) is 0. The van der Waals surface area contributed by atoms with Gasteiger partial charge in [0.25, 0.3) is 0 Å². The van der Waals surface area contributed by atoms with Crippen LogP contribution in [0.25, 0.3) is 0 Å². The maximum absolute atomic E-state index is 3.85. The van der Waals surface area contributed by atoms with Gasteiger partial charge in [-0.2, -0.15) is 0 Å². The van der Waals surface area contributed by atoms with E-state index in [9.17, 15) is 0 Å². The van der Waals surface area contributed by atoms with Crippen LogP contribution in [-0.4, -0.2) is 18.0 Å². The number of piperidine rings is 1. The molecule has 0 aromatic rings. The zero-order chi connectivity index (χ0) is 4.85. The average molecular weight is 96.2 g/mol. The zero-order valence-corrected chi connectivity index (χ0v) is 4.43. The summed E-state index contributed by atoms with van der Waals surface area (Å²) in [7, 11) is 3.85. The molecule has 0 unspecified atom stereocenters. The minimum Gasteiger partial charge on any atom is -0.459 e. The average Bonchev–Trinajstić information content (AvgIpc) is 2.15. The zero-order valence-electron chi connectivity index (χ0n) is 4.43. The summed E-state index contributed by atoms with van der Waals surface area (Å²) in [4.78, 5) is 2.18. The van der Waals surface area contributed by atoms with Gasteiger partial charge < -0.3 is 4.90 Å². The highest BCUT2D eigenvalue weighted by Crippen LogP contribution is 2.44. The molecule has 1 nitrogen and oxygen atoms in total. The molecule has 2 fully saturated rings. The molecule has 0 bridgehead atoms. The van der Waals surface area contributed by atoms with Gasteiger partial charge in [0.1, 0.15) is 0 Å². The Balaban J connectivity index is 2.02. The van der Waals surface area contributed by atoms with Crippen molar-refractivity contribution in [3.63, 3.8) is 0 Å². The lowest BCUT2D eigenvalue weighted by Gasteiger charge is -2.17. The van der Waals surface area contributed by atoms with Crippen molar-refractivity contribution in [1.82, 2.24) is 4.90 Å². The van der Waals surface area contributed by atoms with E-state index in [0.29, 0.717) is 0 Å². The number of rotatable bonds is 0. The molecule has 1 saturated carbocycles. The molecule has 40 valence electrons. The second kappa shape index (κ2) is 1.03. The highest BCUT2D eigenvalue weighted by atomic mass is 15.1. The molecule has 1 aliphatic heterocycles. The predicted octanol–water partition coefficient (Wildman–Crippen LogP) is 0.730. The monoisotopic (exact) mass is 96.1 g/mol. The van der Waals surface area contributed by atoms with Crippen LogP contribution in [-0.2, 0) is 0 Å². The van der Waals surface area contributed by atoms with Gasteiger partial charge >= 0.3 is 0 Å². The van der Waals surface area contributed by atoms with Crippen molar-refractivity contribution in [2.75, 3.05) is 13.1 Å². The molecule has 2 atom stereocenters. The van der Waals surface area contributed by atoms with Gasteiger partial charge in [-0.1, -0.05) is 0 Å². The summed E-state index contributed by atoms with van der Waals surface area (Å²) in [5.74, 6) is 2.11. The molecule has 0 radical (unpaired) electrons. The van der Waals surface area contributed by atoms with Gasteiger partial charge in [0.2, 0.25) is 0 Å². The minimum atomic E-state index is 1.05. The van der Waals surface area contributed by atoms with Crippen molar-refractivity contribution in [3.8, 4) is 0 Å². The fourth-order valence-corrected chi connectivity index (χ4v) is 1.50. The highest BCUT2D eigenvalue weighted by Gasteiger charge is 2.41. The fraction of sp³-hybridized carbons (Fsp3) is 0.833. The van der Waals surface area contributed by atoms with E-state index >= 15 is 0 Å². The topological polar surface area (TPSA) is 3.24 Å². The molecule has 0 N–H and O–H groups in total. The van der Waals surface area contributed by atoms with Gasteiger partial charge in [-0.05, 0) is 31.3 Å². The number of likely N-dealkylation sites (tertiary alicyclic amines) is 1. The number of fused-ring (bicyclic) bond motifs is 1. The molecule has 7 heavy (non-hydrogen) atoms. The number of hydrogen-bond donors (Lipinski definition) is 0. The van der Waals surface area contributed by atoms with Crippen LogP contribution in [0.2, 0.25) is 0 Å². The minimum absolute atomic E-state index is 1.05. The molecule has 1 heteroatoms. The molecular formula is C6H10N-. The van der Waals surface area contributed by atoms with Crippen LogP contribution in [0.15, 0.2) is 0 Å². The van der Waals surface area contributed by atoms with E-state index in [1.807, 2.05) is 0 Å². The van der Waals surface area contributed by atoms with Crippen LogP contribution >= 0.6 is 0 Å². The van der Waals surface area contributed by atoms with Gasteiger partial charge in [0, 0.05) is 0 Å². The third-order valence-electron chi connectivity index (χ3n) is 2.05. The van der Waals surface area contributed by atoms with Crippen LogP contribution in [0.1, 0.15) is 6.42 Å². The Hall–Kier alpha value is -0.0400. The summed E-state index contributed by atoms with van der Waals surface area (Å²) in [6.45, 7) is 2.54. The van der Waals surface area contributed by atoms with Crippen LogP contribution in [0.5, 0.6) is 0 Å². The lowest BCUT2D eigenvalue weighted by atomic mass is 10.4. The normalized spacial score (nSPS) is 49.3. The lowest BCUT2D eigenvalue weighted by molar-refractivity contribution is 0.411. The van der Waals surface area contributed by atoms with E-state index in [4.69, 9.17) is 0 Å². The molecule has 0 aromatic carbocycles. The molecule has 1 aliphatic carbocycles. The van der Waals surface area contributed by atoms with Crippen molar-refractivity contribution >= 4 is 0 Å². The fourth-order valence-electron chi connectivity index (χ4n) is 1.50. The van der Waals surface area contributed by atoms with Gasteiger partial charge in [-0.3, -0.25) is 7.05 Å².